The van der Waals surface area contributed by atoms with Crippen molar-refractivity contribution in [2.45, 2.75) is 64.7 Å². The Bertz CT molecular complexity index is 1800. The molecule has 204 valence electrons. The van der Waals surface area contributed by atoms with E-state index in [1.165, 1.54) is 67.1 Å². The van der Waals surface area contributed by atoms with E-state index in [1.807, 2.05) is 0 Å². The molecule has 2 heterocycles. The highest BCUT2D eigenvalue weighted by Crippen LogP contribution is 2.61. The minimum atomic E-state index is -0.176. The van der Waals surface area contributed by atoms with Crippen LogP contribution in [0.5, 0.6) is 0 Å². The van der Waals surface area contributed by atoms with Crippen molar-refractivity contribution >= 4 is 17.1 Å². The molecule has 0 N–H and O–H groups in total. The molecule has 0 aliphatic carbocycles. The van der Waals surface area contributed by atoms with Crippen LogP contribution in [0.15, 0.2) is 109 Å². The van der Waals surface area contributed by atoms with Crippen molar-refractivity contribution in [3.05, 3.63) is 137 Å². The quantitative estimate of drug-likeness (QED) is 0.218. The summed E-state index contributed by atoms with van der Waals surface area (Å²) in [4.78, 5) is 2.55. The Morgan fingerprint density at radius 3 is 1.63 bits per heavy atom. The van der Waals surface area contributed by atoms with Crippen LogP contribution in [0.1, 0.15) is 76.3 Å². The number of hydrogen-bond donors (Lipinski definition) is 0. The van der Waals surface area contributed by atoms with Crippen LogP contribution in [0.25, 0.3) is 22.3 Å². The van der Waals surface area contributed by atoms with Crippen LogP contribution in [0.4, 0.5) is 17.1 Å². The van der Waals surface area contributed by atoms with Gasteiger partial charge in [-0.1, -0.05) is 127 Å². The molecular formula is C40H39N. The summed E-state index contributed by atoms with van der Waals surface area (Å²) in [5.41, 5.74) is 15.8. The summed E-state index contributed by atoms with van der Waals surface area (Å²) in [6.07, 6.45) is 0. The van der Waals surface area contributed by atoms with Crippen LogP contribution < -0.4 is 4.90 Å². The molecule has 1 heteroatoms. The van der Waals surface area contributed by atoms with Gasteiger partial charge in [-0.15, -0.1) is 0 Å². The average Bonchev–Trinajstić information content (AvgIpc) is 2.97. The summed E-state index contributed by atoms with van der Waals surface area (Å²) < 4.78 is 0. The summed E-state index contributed by atoms with van der Waals surface area (Å²) in [5.74, 6) is 0. The normalized spacial score (nSPS) is 16.0. The fraction of sp³-hybridized carbons (Fsp3) is 0.250. The topological polar surface area (TPSA) is 3.24 Å². The molecule has 0 saturated heterocycles. The van der Waals surface area contributed by atoms with E-state index in [9.17, 15) is 0 Å². The summed E-state index contributed by atoms with van der Waals surface area (Å²) in [6.45, 7) is 16.4. The van der Waals surface area contributed by atoms with Gasteiger partial charge in [0, 0.05) is 10.8 Å². The Morgan fingerprint density at radius 1 is 0.463 bits per heavy atom. The Labute approximate surface area is 245 Å². The van der Waals surface area contributed by atoms with Gasteiger partial charge in [0.25, 0.3) is 0 Å². The molecule has 0 saturated carbocycles. The van der Waals surface area contributed by atoms with E-state index in [-0.39, 0.29) is 16.2 Å². The second-order valence-electron chi connectivity index (χ2n) is 13.9. The van der Waals surface area contributed by atoms with E-state index in [2.05, 4.69) is 163 Å². The lowest BCUT2D eigenvalue weighted by Crippen LogP contribution is -2.38. The number of fused-ring (bicyclic) bond motifs is 4. The molecule has 2 aliphatic rings. The first-order valence-electron chi connectivity index (χ1n) is 14.9. The number of para-hydroxylation sites is 1. The van der Waals surface area contributed by atoms with E-state index >= 15 is 0 Å². The van der Waals surface area contributed by atoms with E-state index in [1.54, 1.807) is 0 Å². The van der Waals surface area contributed by atoms with Crippen LogP contribution in [-0.4, -0.2) is 0 Å². The zero-order valence-electron chi connectivity index (χ0n) is 25.3. The molecule has 0 bridgehead atoms. The standard InChI is InChI=1S/C40H39N/c1-38(2,3)30-20-17-27(18-21-30)28-19-22-36-32(23-28)40(6,7)34-25-29(26-13-9-8-10-14-26)24-33-37(34)41(36)35-16-12-11-15-31(35)39(33,4)5/h8-25H,1-7H3. The highest BCUT2D eigenvalue weighted by atomic mass is 15.2. The Hall–Kier alpha value is -4.10. The molecule has 0 atom stereocenters. The molecule has 0 spiro atoms. The van der Waals surface area contributed by atoms with Crippen molar-refractivity contribution in [1.82, 2.24) is 0 Å². The Balaban J connectivity index is 1.49. The molecular weight excluding hydrogens is 494 g/mol. The van der Waals surface area contributed by atoms with Crippen molar-refractivity contribution in [2.24, 2.45) is 0 Å². The zero-order valence-corrected chi connectivity index (χ0v) is 25.3. The van der Waals surface area contributed by atoms with Crippen molar-refractivity contribution in [3.63, 3.8) is 0 Å². The maximum atomic E-state index is 2.55. The van der Waals surface area contributed by atoms with Gasteiger partial charge in [0.2, 0.25) is 0 Å². The molecule has 0 aromatic heterocycles. The third-order valence-corrected chi connectivity index (χ3v) is 9.60. The third kappa shape index (κ3) is 3.82. The van der Waals surface area contributed by atoms with Crippen LogP contribution in [0.3, 0.4) is 0 Å². The lowest BCUT2D eigenvalue weighted by atomic mass is 9.65. The van der Waals surface area contributed by atoms with Gasteiger partial charge in [0.1, 0.15) is 0 Å². The summed E-state index contributed by atoms with van der Waals surface area (Å²) in [6, 6.07) is 41.0. The molecule has 7 rings (SSSR count). The van der Waals surface area contributed by atoms with Gasteiger partial charge in [-0.25, -0.2) is 0 Å². The third-order valence-electron chi connectivity index (χ3n) is 9.60. The SMILES string of the molecule is CC(C)(C)c1ccc(-c2ccc3c(c2)C(C)(C)c2cc(-c4ccccc4)cc4c2N3c2ccccc2C4(C)C)cc1. The fourth-order valence-corrected chi connectivity index (χ4v) is 7.06. The number of anilines is 3. The van der Waals surface area contributed by atoms with Crippen molar-refractivity contribution in [2.75, 3.05) is 4.90 Å². The molecule has 41 heavy (non-hydrogen) atoms. The van der Waals surface area contributed by atoms with Gasteiger partial charge in [-0.2, -0.15) is 0 Å². The average molecular weight is 534 g/mol. The minimum Gasteiger partial charge on any atom is -0.309 e. The molecule has 5 aromatic rings. The molecule has 0 fully saturated rings. The van der Waals surface area contributed by atoms with Crippen molar-refractivity contribution < 1.29 is 0 Å². The maximum absolute atomic E-state index is 2.55. The number of rotatable bonds is 2. The van der Waals surface area contributed by atoms with Gasteiger partial charge in [0.05, 0.1) is 17.1 Å². The van der Waals surface area contributed by atoms with E-state index in [4.69, 9.17) is 0 Å². The predicted molar refractivity (Wildman–Crippen MR) is 175 cm³/mol. The molecule has 0 amide bonds. The van der Waals surface area contributed by atoms with Crippen LogP contribution in [-0.2, 0) is 16.2 Å². The number of hydrogen-bond acceptors (Lipinski definition) is 1. The molecule has 5 aromatic carbocycles. The van der Waals surface area contributed by atoms with Gasteiger partial charge < -0.3 is 4.90 Å². The first kappa shape index (κ1) is 25.8. The lowest BCUT2D eigenvalue weighted by molar-refractivity contribution is 0.590. The van der Waals surface area contributed by atoms with Crippen molar-refractivity contribution in [1.29, 1.82) is 0 Å². The van der Waals surface area contributed by atoms with Crippen LogP contribution in [0.2, 0.25) is 0 Å². The van der Waals surface area contributed by atoms with E-state index in [0.29, 0.717) is 0 Å². The molecule has 1 nitrogen and oxygen atoms in total. The largest absolute Gasteiger partial charge is 0.309 e. The minimum absolute atomic E-state index is 0.121. The zero-order chi connectivity index (χ0) is 28.7. The summed E-state index contributed by atoms with van der Waals surface area (Å²) in [5, 5.41) is 0. The molecule has 2 aliphatic heterocycles. The predicted octanol–water partition coefficient (Wildman–Crippen LogP) is 11.1. The maximum Gasteiger partial charge on any atom is 0.0544 e. The first-order valence-corrected chi connectivity index (χ1v) is 14.9. The van der Waals surface area contributed by atoms with Crippen LogP contribution >= 0.6 is 0 Å². The Kier molecular flexibility index (Phi) is 5.48. The Morgan fingerprint density at radius 2 is 0.976 bits per heavy atom. The molecule has 0 radical (unpaired) electrons. The summed E-state index contributed by atoms with van der Waals surface area (Å²) in [7, 11) is 0. The number of nitrogens with zero attached hydrogens (tertiary/aromatic N) is 1. The van der Waals surface area contributed by atoms with E-state index in [0.717, 1.165) is 0 Å². The molecule has 0 unspecified atom stereocenters. The fourth-order valence-electron chi connectivity index (χ4n) is 7.06. The van der Waals surface area contributed by atoms with Gasteiger partial charge in [-0.05, 0) is 85.8 Å². The highest BCUT2D eigenvalue weighted by Gasteiger charge is 2.45. The lowest BCUT2D eigenvalue weighted by Gasteiger charge is -2.49. The first-order chi connectivity index (χ1) is 19.5. The smallest absolute Gasteiger partial charge is 0.0544 e. The number of benzene rings is 5. The van der Waals surface area contributed by atoms with Gasteiger partial charge in [0.15, 0.2) is 0 Å². The van der Waals surface area contributed by atoms with Gasteiger partial charge in [-0.3, -0.25) is 0 Å². The van der Waals surface area contributed by atoms with Crippen LogP contribution in [0, 0.1) is 0 Å². The van der Waals surface area contributed by atoms with E-state index < -0.39 is 0 Å². The second-order valence-corrected chi connectivity index (χ2v) is 13.9. The van der Waals surface area contributed by atoms with Crippen molar-refractivity contribution in [3.8, 4) is 22.3 Å². The second kappa shape index (κ2) is 8.70. The summed E-state index contributed by atoms with van der Waals surface area (Å²) >= 11 is 0. The highest BCUT2D eigenvalue weighted by molar-refractivity contribution is 5.95. The monoisotopic (exact) mass is 533 g/mol. The van der Waals surface area contributed by atoms with Gasteiger partial charge >= 0.3 is 0 Å².